The molecule has 1 aromatic rings. The fraction of sp³-hybridized carbons (Fsp3) is 0.385. The quantitative estimate of drug-likeness (QED) is 0.654. The first-order chi connectivity index (χ1) is 7.34. The molecule has 1 saturated heterocycles. The van der Waals surface area contributed by atoms with E-state index in [2.05, 4.69) is 12.1 Å². The number of hydrogen-bond acceptors (Lipinski definition) is 2. The number of fused-ring (bicyclic) bond motifs is 1. The summed E-state index contributed by atoms with van der Waals surface area (Å²) in [5.74, 6) is 0. The van der Waals surface area contributed by atoms with Gasteiger partial charge in [-0.2, -0.15) is 0 Å². The monoisotopic (exact) mass is 201 g/mol. The molecule has 2 N–H and O–H groups in total. The topological polar surface area (TPSA) is 35.2 Å². The summed E-state index contributed by atoms with van der Waals surface area (Å²) >= 11 is 0. The molecule has 0 unspecified atom stereocenters. The Labute approximate surface area is 89.7 Å². The number of allylic oxidation sites excluding steroid dienone is 1. The lowest BCUT2D eigenvalue weighted by atomic mass is 10.0. The van der Waals surface area contributed by atoms with Crippen LogP contribution in [0.1, 0.15) is 24.0 Å². The first-order valence-corrected chi connectivity index (χ1v) is 5.52. The van der Waals surface area contributed by atoms with Gasteiger partial charge < -0.3 is 10.5 Å². The van der Waals surface area contributed by atoms with Crippen LogP contribution in [0.4, 0.5) is 5.69 Å². The minimum absolute atomic E-state index is 0.832. The predicted molar refractivity (Wildman–Crippen MR) is 61.5 cm³/mol. The molecule has 1 heterocycles. The van der Waals surface area contributed by atoms with Gasteiger partial charge in [-0.3, -0.25) is 0 Å². The number of nitrogens with two attached hydrogens (primary N) is 1. The number of nitrogen functional groups attached to an aromatic ring is 1. The molecule has 1 aliphatic heterocycles. The molecule has 78 valence electrons. The SMILES string of the molecule is Nc1ccc2c(c1)CCC2=C1CCOC1. The summed E-state index contributed by atoms with van der Waals surface area (Å²) < 4.78 is 5.43. The maximum absolute atomic E-state index is 5.79. The van der Waals surface area contributed by atoms with E-state index in [0.717, 1.165) is 38.2 Å². The van der Waals surface area contributed by atoms with Gasteiger partial charge in [-0.15, -0.1) is 0 Å². The van der Waals surface area contributed by atoms with Crippen LogP contribution in [0.15, 0.2) is 23.8 Å². The van der Waals surface area contributed by atoms with Crippen molar-refractivity contribution < 1.29 is 4.74 Å². The van der Waals surface area contributed by atoms with Crippen LogP contribution < -0.4 is 5.73 Å². The van der Waals surface area contributed by atoms with Crippen molar-refractivity contribution in [1.82, 2.24) is 0 Å². The number of hydrogen-bond donors (Lipinski definition) is 1. The highest BCUT2D eigenvalue weighted by molar-refractivity contribution is 5.76. The van der Waals surface area contributed by atoms with Crippen LogP contribution in [0.5, 0.6) is 0 Å². The van der Waals surface area contributed by atoms with Crippen molar-refractivity contribution in [2.75, 3.05) is 18.9 Å². The molecule has 0 amide bonds. The molecule has 0 bridgehead atoms. The van der Waals surface area contributed by atoms with Crippen LogP contribution in [0.3, 0.4) is 0 Å². The van der Waals surface area contributed by atoms with E-state index in [0.29, 0.717) is 0 Å². The van der Waals surface area contributed by atoms with E-state index in [1.54, 1.807) is 0 Å². The molecular formula is C13H15NO. The molecule has 0 aromatic heterocycles. The Hall–Kier alpha value is -1.28. The van der Waals surface area contributed by atoms with Crippen LogP contribution in [-0.4, -0.2) is 13.2 Å². The van der Waals surface area contributed by atoms with Gasteiger partial charge in [0.1, 0.15) is 0 Å². The van der Waals surface area contributed by atoms with E-state index >= 15 is 0 Å². The Morgan fingerprint density at radius 2 is 2.07 bits per heavy atom. The minimum atomic E-state index is 0.832. The van der Waals surface area contributed by atoms with Gasteiger partial charge in [0.15, 0.2) is 0 Å². The fourth-order valence-corrected chi connectivity index (χ4v) is 2.58. The molecule has 3 rings (SSSR count). The van der Waals surface area contributed by atoms with Crippen molar-refractivity contribution in [3.05, 3.63) is 34.9 Å². The molecule has 1 aliphatic carbocycles. The maximum Gasteiger partial charge on any atom is 0.0683 e. The summed E-state index contributed by atoms with van der Waals surface area (Å²) in [6.07, 6.45) is 3.41. The molecule has 2 heteroatoms. The summed E-state index contributed by atoms with van der Waals surface area (Å²) in [4.78, 5) is 0. The summed E-state index contributed by atoms with van der Waals surface area (Å²) in [6, 6.07) is 6.28. The van der Waals surface area contributed by atoms with Crippen molar-refractivity contribution in [3.8, 4) is 0 Å². The number of aryl methyl sites for hydroxylation is 1. The molecule has 2 aliphatic rings. The third kappa shape index (κ3) is 1.45. The molecule has 1 aromatic carbocycles. The highest BCUT2D eigenvalue weighted by atomic mass is 16.5. The van der Waals surface area contributed by atoms with E-state index in [1.165, 1.54) is 22.3 Å². The molecule has 2 nitrogen and oxygen atoms in total. The second-order valence-corrected chi connectivity index (χ2v) is 4.30. The molecule has 0 saturated carbocycles. The van der Waals surface area contributed by atoms with Gasteiger partial charge in [-0.1, -0.05) is 6.07 Å². The fourth-order valence-electron chi connectivity index (χ4n) is 2.58. The van der Waals surface area contributed by atoms with E-state index in [4.69, 9.17) is 10.5 Å². The summed E-state index contributed by atoms with van der Waals surface area (Å²) in [6.45, 7) is 1.72. The normalized spacial score (nSPS) is 24.5. The van der Waals surface area contributed by atoms with Gasteiger partial charge in [0.05, 0.1) is 13.2 Å². The second-order valence-electron chi connectivity index (χ2n) is 4.30. The van der Waals surface area contributed by atoms with E-state index in [-0.39, 0.29) is 0 Å². The lowest BCUT2D eigenvalue weighted by Crippen LogP contribution is -1.90. The average Bonchev–Trinajstić information content (AvgIpc) is 2.82. The number of ether oxygens (including phenoxy) is 1. The van der Waals surface area contributed by atoms with E-state index in [1.807, 2.05) is 6.07 Å². The third-order valence-electron chi connectivity index (χ3n) is 3.35. The van der Waals surface area contributed by atoms with Crippen molar-refractivity contribution in [3.63, 3.8) is 0 Å². The Bertz CT molecular complexity index is 426. The number of anilines is 1. The van der Waals surface area contributed by atoms with E-state index < -0.39 is 0 Å². The zero-order valence-corrected chi connectivity index (χ0v) is 8.75. The zero-order valence-electron chi connectivity index (χ0n) is 8.75. The highest BCUT2D eigenvalue weighted by Gasteiger charge is 2.21. The smallest absolute Gasteiger partial charge is 0.0683 e. The standard InChI is InChI=1S/C13H15NO/c14-11-2-4-12-9(7-11)1-3-13(12)10-5-6-15-8-10/h2,4,7H,1,3,5-6,8,14H2. The Balaban J connectivity index is 2.08. The first-order valence-electron chi connectivity index (χ1n) is 5.52. The van der Waals surface area contributed by atoms with Crippen LogP contribution >= 0.6 is 0 Å². The largest absolute Gasteiger partial charge is 0.399 e. The Morgan fingerprint density at radius 1 is 1.13 bits per heavy atom. The van der Waals surface area contributed by atoms with Gasteiger partial charge in [0, 0.05) is 5.69 Å². The first kappa shape index (κ1) is 8.98. The van der Waals surface area contributed by atoms with Gasteiger partial charge in [-0.05, 0) is 53.7 Å². The van der Waals surface area contributed by atoms with Crippen LogP contribution in [0.25, 0.3) is 5.57 Å². The second kappa shape index (κ2) is 3.38. The zero-order chi connectivity index (χ0) is 10.3. The lowest BCUT2D eigenvalue weighted by molar-refractivity contribution is 0.205. The maximum atomic E-state index is 5.79. The Morgan fingerprint density at radius 3 is 2.87 bits per heavy atom. The molecular weight excluding hydrogens is 186 g/mol. The van der Waals surface area contributed by atoms with Crippen molar-refractivity contribution >= 4 is 11.3 Å². The van der Waals surface area contributed by atoms with Crippen molar-refractivity contribution in [2.45, 2.75) is 19.3 Å². The Kier molecular flexibility index (Phi) is 2.03. The van der Waals surface area contributed by atoms with Crippen LogP contribution in [0, 0.1) is 0 Å². The van der Waals surface area contributed by atoms with Gasteiger partial charge in [0.2, 0.25) is 0 Å². The van der Waals surface area contributed by atoms with Crippen LogP contribution in [0.2, 0.25) is 0 Å². The number of rotatable bonds is 0. The molecule has 0 radical (unpaired) electrons. The number of benzene rings is 1. The van der Waals surface area contributed by atoms with Gasteiger partial charge >= 0.3 is 0 Å². The van der Waals surface area contributed by atoms with Gasteiger partial charge in [-0.25, -0.2) is 0 Å². The van der Waals surface area contributed by atoms with Crippen LogP contribution in [-0.2, 0) is 11.2 Å². The minimum Gasteiger partial charge on any atom is -0.399 e. The molecule has 0 spiro atoms. The summed E-state index contributed by atoms with van der Waals surface area (Å²) in [5, 5.41) is 0. The summed E-state index contributed by atoms with van der Waals surface area (Å²) in [7, 11) is 0. The highest BCUT2D eigenvalue weighted by Crippen LogP contribution is 2.37. The van der Waals surface area contributed by atoms with Crippen molar-refractivity contribution in [2.24, 2.45) is 0 Å². The predicted octanol–water partition coefficient (Wildman–Crippen LogP) is 2.39. The molecule has 15 heavy (non-hydrogen) atoms. The van der Waals surface area contributed by atoms with E-state index in [9.17, 15) is 0 Å². The molecule has 0 atom stereocenters. The van der Waals surface area contributed by atoms with Crippen molar-refractivity contribution in [1.29, 1.82) is 0 Å². The molecule has 1 fully saturated rings. The summed E-state index contributed by atoms with van der Waals surface area (Å²) in [5.41, 5.74) is 12.5. The third-order valence-corrected chi connectivity index (χ3v) is 3.35. The van der Waals surface area contributed by atoms with Gasteiger partial charge in [0.25, 0.3) is 0 Å². The average molecular weight is 201 g/mol. The lowest BCUT2D eigenvalue weighted by Gasteiger charge is -2.05.